The van der Waals surface area contributed by atoms with Crippen molar-refractivity contribution in [3.63, 3.8) is 0 Å². The van der Waals surface area contributed by atoms with Crippen LogP contribution in [0.4, 0.5) is 0 Å². The average Bonchev–Trinajstić information content (AvgIpc) is 2.41. The van der Waals surface area contributed by atoms with E-state index in [1.807, 2.05) is 0 Å². The first-order chi connectivity index (χ1) is 10.0. The van der Waals surface area contributed by atoms with Gasteiger partial charge in [0.2, 0.25) is 5.60 Å². The molecule has 0 radical (unpaired) electrons. The first-order valence-electron chi connectivity index (χ1n) is 6.61. The van der Waals surface area contributed by atoms with Gasteiger partial charge in [-0.2, -0.15) is 0 Å². The van der Waals surface area contributed by atoms with E-state index < -0.39 is 11.6 Å². The molecule has 5 nitrogen and oxygen atoms in total. The number of aromatic nitrogens is 1. The second-order valence-corrected chi connectivity index (χ2v) is 5.47. The van der Waals surface area contributed by atoms with Crippen LogP contribution in [0.25, 0.3) is 10.9 Å². The summed E-state index contributed by atoms with van der Waals surface area (Å²) in [5.41, 5.74) is -0.515. The van der Waals surface area contributed by atoms with Crippen LogP contribution in [0, 0.1) is 0 Å². The van der Waals surface area contributed by atoms with Gasteiger partial charge in [-0.05, 0) is 37.5 Å². The number of hydrogen-bond donors (Lipinski definition) is 1. The molecule has 0 spiro atoms. The van der Waals surface area contributed by atoms with E-state index in [0.717, 1.165) is 6.42 Å². The van der Waals surface area contributed by atoms with E-state index in [1.165, 1.54) is 0 Å². The molecule has 21 heavy (non-hydrogen) atoms. The second kappa shape index (κ2) is 5.07. The van der Waals surface area contributed by atoms with Crippen LogP contribution < -0.4 is 9.47 Å². The summed E-state index contributed by atoms with van der Waals surface area (Å²) >= 11 is 6.00. The molecule has 1 aliphatic carbocycles. The summed E-state index contributed by atoms with van der Waals surface area (Å²) in [6.45, 7) is 0. The van der Waals surface area contributed by atoms with Crippen molar-refractivity contribution >= 4 is 28.5 Å². The van der Waals surface area contributed by atoms with Crippen LogP contribution in [0.3, 0.4) is 0 Å². The van der Waals surface area contributed by atoms with Gasteiger partial charge in [0, 0.05) is 11.5 Å². The van der Waals surface area contributed by atoms with Gasteiger partial charge in [-0.15, -0.1) is 0 Å². The molecule has 1 heterocycles. The van der Waals surface area contributed by atoms with Gasteiger partial charge in [-0.1, -0.05) is 11.6 Å². The topological polar surface area (TPSA) is 68.7 Å². The van der Waals surface area contributed by atoms with Gasteiger partial charge in [0.1, 0.15) is 16.7 Å². The summed E-state index contributed by atoms with van der Waals surface area (Å²) in [6.07, 6.45) is 1.83. The third kappa shape index (κ3) is 2.38. The highest BCUT2D eigenvalue weighted by atomic mass is 35.5. The van der Waals surface area contributed by atoms with Crippen LogP contribution >= 0.6 is 11.6 Å². The third-order valence-electron chi connectivity index (χ3n) is 3.80. The van der Waals surface area contributed by atoms with Gasteiger partial charge in [-0.25, -0.2) is 9.78 Å². The number of carboxylic acid groups (broad SMARTS) is 1. The molecule has 1 N–H and O–H groups in total. The molecule has 1 saturated carbocycles. The monoisotopic (exact) mass is 307 g/mol. The molecule has 1 aromatic heterocycles. The predicted molar refractivity (Wildman–Crippen MR) is 78.2 cm³/mol. The van der Waals surface area contributed by atoms with Gasteiger partial charge in [-0.3, -0.25) is 0 Å². The zero-order valence-corrected chi connectivity index (χ0v) is 12.2. The van der Waals surface area contributed by atoms with E-state index in [0.29, 0.717) is 35.2 Å². The van der Waals surface area contributed by atoms with E-state index in [4.69, 9.17) is 21.1 Å². The van der Waals surface area contributed by atoms with Crippen molar-refractivity contribution in [2.45, 2.75) is 24.9 Å². The first kappa shape index (κ1) is 13.9. The second-order valence-electron chi connectivity index (χ2n) is 5.08. The number of hydrogen-bond acceptors (Lipinski definition) is 4. The minimum Gasteiger partial charge on any atom is -0.497 e. The lowest BCUT2D eigenvalue weighted by Gasteiger charge is -2.37. The predicted octanol–water partition coefficient (Wildman–Crippen LogP) is 3.28. The molecule has 3 rings (SSSR count). The van der Waals surface area contributed by atoms with E-state index >= 15 is 0 Å². The van der Waals surface area contributed by atoms with Crippen LogP contribution in [0.1, 0.15) is 19.3 Å². The minimum absolute atomic E-state index is 0.266. The highest BCUT2D eigenvalue weighted by molar-refractivity contribution is 6.30. The highest BCUT2D eigenvalue weighted by Gasteiger charge is 2.47. The Morgan fingerprint density at radius 2 is 2.14 bits per heavy atom. The molecule has 0 saturated heterocycles. The molecule has 6 heteroatoms. The molecule has 1 fully saturated rings. The average molecular weight is 308 g/mol. The SMILES string of the molecule is COc1ccc2nc(Cl)cc(OC3(C(=O)O)CCC3)c2c1. The van der Waals surface area contributed by atoms with Crippen molar-refractivity contribution in [1.29, 1.82) is 0 Å². The van der Waals surface area contributed by atoms with Crippen LogP contribution in [0.15, 0.2) is 24.3 Å². The maximum Gasteiger partial charge on any atom is 0.348 e. The number of ether oxygens (including phenoxy) is 2. The summed E-state index contributed by atoms with van der Waals surface area (Å²) in [6, 6.07) is 6.85. The lowest BCUT2D eigenvalue weighted by atomic mass is 9.80. The Bertz CT molecular complexity index is 712. The van der Waals surface area contributed by atoms with Gasteiger partial charge >= 0.3 is 5.97 Å². The number of nitrogens with zero attached hydrogens (tertiary/aromatic N) is 1. The number of aliphatic carboxylic acids is 1. The van der Waals surface area contributed by atoms with Crippen LogP contribution in [-0.4, -0.2) is 28.8 Å². The number of fused-ring (bicyclic) bond motifs is 1. The number of pyridine rings is 1. The van der Waals surface area contributed by atoms with Crippen molar-refractivity contribution in [3.05, 3.63) is 29.4 Å². The van der Waals surface area contributed by atoms with Crippen molar-refractivity contribution in [3.8, 4) is 11.5 Å². The van der Waals surface area contributed by atoms with Crippen LogP contribution in [0.2, 0.25) is 5.15 Å². The number of rotatable bonds is 4. The van der Waals surface area contributed by atoms with Crippen molar-refractivity contribution in [1.82, 2.24) is 4.98 Å². The maximum absolute atomic E-state index is 11.5. The Morgan fingerprint density at radius 3 is 2.71 bits per heavy atom. The Balaban J connectivity index is 2.10. The van der Waals surface area contributed by atoms with Gasteiger partial charge in [0.15, 0.2) is 0 Å². The fourth-order valence-electron chi connectivity index (χ4n) is 2.42. The van der Waals surface area contributed by atoms with E-state index in [-0.39, 0.29) is 5.15 Å². The number of carbonyl (C=O) groups is 1. The largest absolute Gasteiger partial charge is 0.497 e. The summed E-state index contributed by atoms with van der Waals surface area (Å²) in [5.74, 6) is 0.123. The summed E-state index contributed by atoms with van der Waals surface area (Å²) in [5, 5.41) is 10.3. The molecule has 110 valence electrons. The van der Waals surface area contributed by atoms with Gasteiger partial charge in [0.25, 0.3) is 0 Å². The third-order valence-corrected chi connectivity index (χ3v) is 4.00. The molecule has 0 unspecified atom stereocenters. The summed E-state index contributed by atoms with van der Waals surface area (Å²) < 4.78 is 11.0. The van der Waals surface area contributed by atoms with Crippen molar-refractivity contribution < 1.29 is 19.4 Å². The molecule has 1 aromatic carbocycles. The molecule has 1 aliphatic rings. The van der Waals surface area contributed by atoms with Crippen LogP contribution in [-0.2, 0) is 4.79 Å². The van der Waals surface area contributed by atoms with Crippen molar-refractivity contribution in [2.24, 2.45) is 0 Å². The Labute approximate surface area is 126 Å². The number of methoxy groups -OCH3 is 1. The summed E-state index contributed by atoms with van der Waals surface area (Å²) in [7, 11) is 1.57. The molecule has 0 amide bonds. The van der Waals surface area contributed by atoms with E-state index in [9.17, 15) is 9.90 Å². The molecular formula is C15H14ClNO4. The zero-order chi connectivity index (χ0) is 15.0. The Morgan fingerprint density at radius 1 is 1.38 bits per heavy atom. The fraction of sp³-hybridized carbons (Fsp3) is 0.333. The van der Waals surface area contributed by atoms with Crippen LogP contribution in [0.5, 0.6) is 11.5 Å². The number of benzene rings is 1. The highest BCUT2D eigenvalue weighted by Crippen LogP contribution is 2.40. The van der Waals surface area contributed by atoms with Gasteiger partial charge < -0.3 is 14.6 Å². The number of carboxylic acids is 1. The Kier molecular flexibility index (Phi) is 3.37. The molecule has 0 aliphatic heterocycles. The molecular weight excluding hydrogens is 294 g/mol. The molecule has 0 atom stereocenters. The van der Waals surface area contributed by atoms with E-state index in [1.54, 1.807) is 31.4 Å². The maximum atomic E-state index is 11.5. The molecule has 2 aromatic rings. The zero-order valence-electron chi connectivity index (χ0n) is 11.4. The lowest BCUT2D eigenvalue weighted by Crippen LogP contribution is -2.50. The van der Waals surface area contributed by atoms with E-state index in [2.05, 4.69) is 4.98 Å². The molecule has 0 bridgehead atoms. The normalized spacial score (nSPS) is 16.3. The first-order valence-corrected chi connectivity index (χ1v) is 6.99. The fourth-order valence-corrected chi connectivity index (χ4v) is 2.61. The standard InChI is InChI=1S/C15H14ClNO4/c1-20-9-3-4-11-10(7-9)12(8-13(16)17-11)21-15(14(18)19)5-2-6-15/h3-4,7-8H,2,5-6H2,1H3,(H,18,19). The Hall–Kier alpha value is -2.01. The van der Waals surface area contributed by atoms with Crippen molar-refractivity contribution in [2.75, 3.05) is 7.11 Å². The summed E-state index contributed by atoms with van der Waals surface area (Å²) in [4.78, 5) is 15.7. The number of halogens is 1. The minimum atomic E-state index is -1.15. The van der Waals surface area contributed by atoms with Gasteiger partial charge in [0.05, 0.1) is 12.6 Å². The smallest absolute Gasteiger partial charge is 0.348 e. The lowest BCUT2D eigenvalue weighted by molar-refractivity contribution is -0.163. The quantitative estimate of drug-likeness (QED) is 0.878.